The molecule has 0 atom stereocenters. The molecule has 3 aromatic carbocycles. The number of piperidine rings is 1. The number of aromatic nitrogens is 1. The van der Waals surface area contributed by atoms with Gasteiger partial charge in [-0.2, -0.15) is 0 Å². The monoisotopic (exact) mass is 555 g/mol. The van der Waals surface area contributed by atoms with Crippen LogP contribution in [0.1, 0.15) is 56.1 Å². The van der Waals surface area contributed by atoms with E-state index < -0.39 is 0 Å². The van der Waals surface area contributed by atoms with Crippen LogP contribution in [-0.2, 0) is 11.2 Å². The zero-order valence-corrected chi connectivity index (χ0v) is 24.6. The molecule has 0 bridgehead atoms. The highest BCUT2D eigenvalue weighted by molar-refractivity contribution is 5.96. The van der Waals surface area contributed by atoms with E-state index in [1.165, 1.54) is 51.8 Å². The van der Waals surface area contributed by atoms with E-state index in [-0.39, 0.29) is 5.91 Å². The number of hydrogen-bond acceptors (Lipinski definition) is 2. The number of carbonyl (C=O) groups is 1. The lowest BCUT2D eigenvalue weighted by Crippen LogP contribution is -2.33. The van der Waals surface area contributed by atoms with Gasteiger partial charge in [0.15, 0.2) is 0 Å². The molecule has 42 heavy (non-hydrogen) atoms. The number of likely N-dealkylation sites (tertiary alicyclic amines) is 1. The summed E-state index contributed by atoms with van der Waals surface area (Å²) in [6.07, 6.45) is 17.2. The molecule has 1 fully saturated rings. The molecule has 214 valence electrons. The van der Waals surface area contributed by atoms with E-state index in [2.05, 4.69) is 112 Å². The summed E-state index contributed by atoms with van der Waals surface area (Å²) in [6.45, 7) is 5.27. The minimum absolute atomic E-state index is 0.0621. The quantitative estimate of drug-likeness (QED) is 0.224. The molecule has 1 amide bonds. The molecule has 1 N–H and O–H groups in total. The van der Waals surface area contributed by atoms with Gasteiger partial charge in [0.1, 0.15) is 0 Å². The first-order chi connectivity index (χ1) is 20.7. The summed E-state index contributed by atoms with van der Waals surface area (Å²) in [5, 5.41) is 4.31. The molecular formula is C38H41N3O. The maximum atomic E-state index is 11.7. The zero-order chi connectivity index (χ0) is 28.7. The van der Waals surface area contributed by atoms with Crippen molar-refractivity contribution in [3.63, 3.8) is 0 Å². The summed E-state index contributed by atoms with van der Waals surface area (Å²) >= 11 is 0. The van der Waals surface area contributed by atoms with Crippen LogP contribution < -0.4 is 5.32 Å². The van der Waals surface area contributed by atoms with Gasteiger partial charge in [0.25, 0.3) is 0 Å². The molecule has 6 rings (SSSR count). The van der Waals surface area contributed by atoms with Crippen molar-refractivity contribution < 1.29 is 4.79 Å². The van der Waals surface area contributed by atoms with Crippen LogP contribution in [0.15, 0.2) is 109 Å². The highest BCUT2D eigenvalue weighted by Gasteiger charge is 2.23. The summed E-state index contributed by atoms with van der Waals surface area (Å²) in [5.74, 6) is 0.654. The summed E-state index contributed by atoms with van der Waals surface area (Å²) in [4.78, 5) is 14.3. The lowest BCUT2D eigenvalue weighted by Gasteiger charge is -2.32. The molecule has 0 radical (unpaired) electrons. The van der Waals surface area contributed by atoms with E-state index in [0.717, 1.165) is 44.6 Å². The predicted octanol–water partition coefficient (Wildman–Crippen LogP) is 8.83. The van der Waals surface area contributed by atoms with Gasteiger partial charge in [-0.3, -0.25) is 4.79 Å². The molecule has 1 aliphatic heterocycles. The first-order valence-electron chi connectivity index (χ1n) is 15.5. The van der Waals surface area contributed by atoms with Crippen molar-refractivity contribution in [2.24, 2.45) is 0 Å². The number of fused-ring (bicyclic) bond motifs is 1. The Kier molecular flexibility index (Phi) is 8.81. The minimum atomic E-state index is 0.0621. The Morgan fingerprint density at radius 1 is 0.905 bits per heavy atom. The fourth-order valence-corrected chi connectivity index (χ4v) is 6.50. The summed E-state index contributed by atoms with van der Waals surface area (Å²) in [7, 11) is 0. The van der Waals surface area contributed by atoms with E-state index >= 15 is 0 Å². The molecule has 1 saturated heterocycles. The number of allylic oxidation sites excluding steroid dienone is 6. The van der Waals surface area contributed by atoms with Crippen LogP contribution in [0.4, 0.5) is 5.69 Å². The number of nitrogens with zero attached hydrogens (tertiary/aromatic N) is 2. The minimum Gasteiger partial charge on any atom is -0.326 e. The number of para-hydroxylation sites is 1. The molecule has 0 spiro atoms. The van der Waals surface area contributed by atoms with Gasteiger partial charge in [0.05, 0.1) is 11.2 Å². The van der Waals surface area contributed by atoms with Crippen LogP contribution in [0.2, 0.25) is 0 Å². The van der Waals surface area contributed by atoms with Gasteiger partial charge in [-0.25, -0.2) is 0 Å². The smallest absolute Gasteiger partial charge is 0.224 e. The Hall–Kier alpha value is -4.15. The predicted molar refractivity (Wildman–Crippen MR) is 177 cm³/mol. The Bertz CT molecular complexity index is 1600. The van der Waals surface area contributed by atoms with Crippen molar-refractivity contribution in [1.29, 1.82) is 0 Å². The first-order valence-corrected chi connectivity index (χ1v) is 15.5. The number of benzene rings is 3. The maximum Gasteiger partial charge on any atom is 0.224 e. The average molecular weight is 556 g/mol. The molecular weight excluding hydrogens is 514 g/mol. The Morgan fingerprint density at radius 3 is 2.45 bits per heavy atom. The van der Waals surface area contributed by atoms with Crippen molar-refractivity contribution in [3.05, 3.63) is 120 Å². The summed E-state index contributed by atoms with van der Waals surface area (Å²) in [6, 6.07) is 28.3. The van der Waals surface area contributed by atoms with Crippen molar-refractivity contribution >= 4 is 28.2 Å². The van der Waals surface area contributed by atoms with E-state index in [0.29, 0.717) is 12.3 Å². The molecule has 0 saturated carbocycles. The Morgan fingerprint density at radius 2 is 1.67 bits per heavy atom. The molecule has 2 aliphatic rings. The number of anilines is 1. The maximum absolute atomic E-state index is 11.7. The third-order valence-corrected chi connectivity index (χ3v) is 8.72. The van der Waals surface area contributed by atoms with Crippen LogP contribution in [0.25, 0.3) is 27.9 Å². The molecule has 1 aliphatic carbocycles. The highest BCUT2D eigenvalue weighted by Crippen LogP contribution is 2.38. The largest absolute Gasteiger partial charge is 0.326 e. The molecule has 0 unspecified atom stereocenters. The number of amides is 1. The summed E-state index contributed by atoms with van der Waals surface area (Å²) in [5.41, 5.74) is 8.81. The number of nitrogens with one attached hydrogen (secondary N) is 1. The highest BCUT2D eigenvalue weighted by atomic mass is 16.1. The second-order valence-corrected chi connectivity index (χ2v) is 11.4. The fraction of sp³-hybridized carbons (Fsp3) is 0.289. The van der Waals surface area contributed by atoms with E-state index in [9.17, 15) is 4.79 Å². The van der Waals surface area contributed by atoms with Crippen LogP contribution in [0.3, 0.4) is 0 Å². The lowest BCUT2D eigenvalue weighted by molar-refractivity contribution is -0.115. The van der Waals surface area contributed by atoms with E-state index in [4.69, 9.17) is 0 Å². The normalized spacial score (nSPS) is 16.0. The average Bonchev–Trinajstić information content (AvgIpc) is 3.16. The van der Waals surface area contributed by atoms with Crippen molar-refractivity contribution in [3.8, 4) is 11.3 Å². The second-order valence-electron chi connectivity index (χ2n) is 11.4. The van der Waals surface area contributed by atoms with Crippen LogP contribution >= 0.6 is 0 Å². The van der Waals surface area contributed by atoms with Gasteiger partial charge in [0.2, 0.25) is 5.91 Å². The second kappa shape index (κ2) is 13.2. The first kappa shape index (κ1) is 28.0. The number of hydrogen-bond donors (Lipinski definition) is 1. The molecule has 4 aromatic rings. The Balaban J connectivity index is 1.16. The van der Waals surface area contributed by atoms with Crippen molar-refractivity contribution in [1.82, 2.24) is 9.47 Å². The van der Waals surface area contributed by atoms with Gasteiger partial charge in [-0.05, 0) is 105 Å². The SMILES string of the molecule is CCC(=O)Nc1ccc(C2CCN(CCCc3c(-c4ccccc4)n(C4=CC=CCC=C4)c4ccccc34)CC2)cc1. The molecule has 2 heterocycles. The number of aryl methyl sites for hydroxylation is 1. The van der Waals surface area contributed by atoms with E-state index in [1.54, 1.807) is 0 Å². The van der Waals surface area contributed by atoms with Crippen molar-refractivity contribution in [2.45, 2.75) is 51.4 Å². The number of carbonyl (C=O) groups excluding carboxylic acids is 1. The van der Waals surface area contributed by atoms with Gasteiger partial charge in [0, 0.05) is 23.2 Å². The molecule has 4 nitrogen and oxygen atoms in total. The third-order valence-electron chi connectivity index (χ3n) is 8.72. The van der Waals surface area contributed by atoms with E-state index in [1.807, 2.05) is 19.1 Å². The zero-order valence-electron chi connectivity index (χ0n) is 24.6. The topological polar surface area (TPSA) is 37.3 Å². The number of rotatable bonds is 9. The molecule has 1 aromatic heterocycles. The van der Waals surface area contributed by atoms with Gasteiger partial charge >= 0.3 is 0 Å². The third kappa shape index (κ3) is 6.19. The summed E-state index contributed by atoms with van der Waals surface area (Å²) < 4.78 is 2.47. The van der Waals surface area contributed by atoms with Gasteiger partial charge in [-0.15, -0.1) is 0 Å². The van der Waals surface area contributed by atoms with Crippen LogP contribution in [-0.4, -0.2) is 35.0 Å². The Labute approximate surface area is 250 Å². The van der Waals surface area contributed by atoms with Crippen LogP contribution in [0.5, 0.6) is 0 Å². The standard InChI is InChI=1S/C38H41N3O/c1-2-37(42)39-32-22-20-29(21-23-32)30-24-27-40(28-25-30)26-12-18-35-34-17-10-11-19-36(34)41(33-15-8-3-4-9-16-33)38(35)31-13-6-5-7-14-31/h3,5-11,13-17,19-23,30H,2,4,12,18,24-28H2,1H3,(H,39,42). The van der Waals surface area contributed by atoms with Gasteiger partial charge < -0.3 is 14.8 Å². The lowest BCUT2D eigenvalue weighted by atomic mass is 9.89. The fourth-order valence-electron chi connectivity index (χ4n) is 6.50. The molecule has 4 heteroatoms. The van der Waals surface area contributed by atoms with Crippen LogP contribution in [0, 0.1) is 0 Å². The van der Waals surface area contributed by atoms with Gasteiger partial charge in [-0.1, -0.05) is 85.8 Å². The van der Waals surface area contributed by atoms with Crippen molar-refractivity contribution in [2.75, 3.05) is 25.0 Å².